The highest BCUT2D eigenvalue weighted by Crippen LogP contribution is 2.12. The summed E-state index contributed by atoms with van der Waals surface area (Å²) < 4.78 is 6.59. The van der Waals surface area contributed by atoms with Gasteiger partial charge in [-0.05, 0) is 24.6 Å². The first-order valence-corrected chi connectivity index (χ1v) is 4.27. The summed E-state index contributed by atoms with van der Waals surface area (Å²) in [5.41, 5.74) is 1.42. The number of nitrogens with zero attached hydrogens (tertiary/aromatic N) is 2. The van der Waals surface area contributed by atoms with Gasteiger partial charge in [0.25, 0.3) is 0 Å². The maximum absolute atomic E-state index is 11.9. The molecule has 14 heavy (non-hydrogen) atoms. The van der Waals surface area contributed by atoms with Crippen LogP contribution in [0.4, 0.5) is 0 Å². The van der Waals surface area contributed by atoms with E-state index in [-0.39, 0.29) is 5.78 Å². The highest BCUT2D eigenvalue weighted by atomic mass is 16.3. The summed E-state index contributed by atoms with van der Waals surface area (Å²) in [5, 5.41) is 4.00. The van der Waals surface area contributed by atoms with Gasteiger partial charge in [-0.1, -0.05) is 0 Å². The number of carbonyl (C=O) groups is 1. The van der Waals surface area contributed by atoms with Crippen LogP contribution >= 0.6 is 0 Å². The number of furan rings is 1. The molecule has 0 aliphatic rings. The summed E-state index contributed by atoms with van der Waals surface area (Å²) in [7, 11) is 1.74. The van der Waals surface area contributed by atoms with Crippen molar-refractivity contribution in [2.24, 2.45) is 7.05 Å². The zero-order valence-electron chi connectivity index (χ0n) is 8.02. The number of ketones is 1. The minimum absolute atomic E-state index is 0.132. The highest BCUT2D eigenvalue weighted by molar-refractivity contribution is 6.06. The van der Waals surface area contributed by atoms with Crippen LogP contribution < -0.4 is 0 Å². The molecule has 0 aliphatic heterocycles. The Morgan fingerprint density at radius 3 is 2.86 bits per heavy atom. The molecule has 0 saturated heterocycles. The zero-order valence-corrected chi connectivity index (χ0v) is 8.02. The van der Waals surface area contributed by atoms with Gasteiger partial charge in [-0.25, -0.2) is 0 Å². The van der Waals surface area contributed by atoms with Gasteiger partial charge < -0.3 is 4.42 Å². The van der Waals surface area contributed by atoms with Crippen molar-refractivity contribution in [2.75, 3.05) is 0 Å². The fraction of sp³-hybridized carbons (Fsp3) is 0.200. The molecular formula is C10H10N2O2. The molecule has 0 aliphatic carbocycles. The summed E-state index contributed by atoms with van der Waals surface area (Å²) in [5.74, 6) is 0.212. The van der Waals surface area contributed by atoms with Gasteiger partial charge in [-0.15, -0.1) is 0 Å². The lowest BCUT2D eigenvalue weighted by Crippen LogP contribution is -2.08. The van der Waals surface area contributed by atoms with Crippen molar-refractivity contribution in [2.45, 2.75) is 6.92 Å². The van der Waals surface area contributed by atoms with Gasteiger partial charge in [0.1, 0.15) is 5.69 Å². The van der Waals surface area contributed by atoms with Crippen molar-refractivity contribution in [3.63, 3.8) is 0 Å². The van der Waals surface area contributed by atoms with Crippen LogP contribution in [0.25, 0.3) is 0 Å². The van der Waals surface area contributed by atoms with Crippen molar-refractivity contribution in [1.82, 2.24) is 9.78 Å². The summed E-state index contributed by atoms with van der Waals surface area (Å²) in [6.07, 6.45) is 3.15. The SMILES string of the molecule is Cc1cnn(C)c1C(=O)c1ccco1. The van der Waals surface area contributed by atoms with Crippen LogP contribution in [-0.4, -0.2) is 15.6 Å². The van der Waals surface area contributed by atoms with Crippen molar-refractivity contribution >= 4 is 5.78 Å². The second-order valence-electron chi connectivity index (χ2n) is 3.11. The number of carbonyl (C=O) groups excluding carboxylic acids is 1. The number of hydrogen-bond donors (Lipinski definition) is 0. The third-order valence-electron chi connectivity index (χ3n) is 2.08. The monoisotopic (exact) mass is 190 g/mol. The molecule has 0 radical (unpaired) electrons. The molecule has 0 saturated carbocycles. The molecule has 2 heterocycles. The van der Waals surface area contributed by atoms with Crippen LogP contribution in [-0.2, 0) is 7.05 Å². The second kappa shape index (κ2) is 3.14. The van der Waals surface area contributed by atoms with E-state index in [1.54, 1.807) is 30.1 Å². The van der Waals surface area contributed by atoms with Crippen molar-refractivity contribution in [1.29, 1.82) is 0 Å². The smallest absolute Gasteiger partial charge is 0.246 e. The molecule has 0 aromatic carbocycles. The predicted molar refractivity (Wildman–Crippen MR) is 50.1 cm³/mol. The number of aromatic nitrogens is 2. The van der Waals surface area contributed by atoms with Gasteiger partial charge in [0.05, 0.1) is 12.5 Å². The molecule has 0 fully saturated rings. The third-order valence-corrected chi connectivity index (χ3v) is 2.08. The Balaban J connectivity index is 2.46. The number of hydrogen-bond acceptors (Lipinski definition) is 3. The zero-order chi connectivity index (χ0) is 10.1. The van der Waals surface area contributed by atoms with E-state index in [2.05, 4.69) is 5.10 Å². The summed E-state index contributed by atoms with van der Waals surface area (Å²) in [4.78, 5) is 11.9. The van der Waals surface area contributed by atoms with E-state index < -0.39 is 0 Å². The molecule has 0 atom stereocenters. The molecule has 2 aromatic rings. The number of aryl methyl sites for hydroxylation is 2. The Morgan fingerprint density at radius 2 is 2.36 bits per heavy atom. The van der Waals surface area contributed by atoms with Crippen molar-refractivity contribution in [3.05, 3.63) is 41.6 Å². The topological polar surface area (TPSA) is 48.0 Å². The third kappa shape index (κ3) is 1.25. The van der Waals surface area contributed by atoms with E-state index in [1.165, 1.54) is 6.26 Å². The maximum atomic E-state index is 11.9. The van der Waals surface area contributed by atoms with E-state index in [1.807, 2.05) is 6.92 Å². The van der Waals surface area contributed by atoms with E-state index in [0.717, 1.165) is 5.56 Å². The Bertz CT molecular complexity index is 435. The molecule has 0 N–H and O–H groups in total. The molecule has 2 aromatic heterocycles. The molecule has 4 nitrogen and oxygen atoms in total. The first-order chi connectivity index (χ1) is 6.70. The van der Waals surface area contributed by atoms with E-state index in [9.17, 15) is 4.79 Å². The summed E-state index contributed by atoms with van der Waals surface area (Å²) in [6.45, 7) is 1.85. The standard InChI is InChI=1S/C10H10N2O2/c1-7-6-11-12(2)9(7)10(13)8-4-3-5-14-8/h3-6H,1-2H3. The van der Waals surface area contributed by atoms with Gasteiger partial charge in [-0.2, -0.15) is 5.10 Å². The molecule has 72 valence electrons. The first-order valence-electron chi connectivity index (χ1n) is 4.27. The second-order valence-corrected chi connectivity index (χ2v) is 3.11. The van der Waals surface area contributed by atoms with Crippen LogP contribution in [0, 0.1) is 6.92 Å². The van der Waals surface area contributed by atoms with Crippen LogP contribution in [0.2, 0.25) is 0 Å². The van der Waals surface area contributed by atoms with E-state index in [4.69, 9.17) is 4.42 Å². The maximum Gasteiger partial charge on any atom is 0.246 e. The minimum atomic E-state index is -0.132. The quantitative estimate of drug-likeness (QED) is 0.675. The average Bonchev–Trinajstić information content (AvgIpc) is 2.75. The Labute approximate surface area is 81.1 Å². The lowest BCUT2D eigenvalue weighted by Gasteiger charge is -1.99. The van der Waals surface area contributed by atoms with Gasteiger partial charge in [0.15, 0.2) is 5.76 Å². The van der Waals surface area contributed by atoms with Crippen LogP contribution in [0.15, 0.2) is 29.0 Å². The Hall–Kier alpha value is -1.84. The summed E-state index contributed by atoms with van der Waals surface area (Å²) >= 11 is 0. The molecule has 2 rings (SSSR count). The highest BCUT2D eigenvalue weighted by Gasteiger charge is 2.17. The number of rotatable bonds is 2. The van der Waals surface area contributed by atoms with Crippen molar-refractivity contribution in [3.8, 4) is 0 Å². The molecule has 0 amide bonds. The van der Waals surface area contributed by atoms with Crippen LogP contribution in [0.5, 0.6) is 0 Å². The van der Waals surface area contributed by atoms with E-state index >= 15 is 0 Å². The molecule has 4 heteroatoms. The largest absolute Gasteiger partial charge is 0.461 e. The lowest BCUT2D eigenvalue weighted by molar-refractivity contribution is 0.0999. The predicted octanol–water partition coefficient (Wildman–Crippen LogP) is 1.55. The normalized spacial score (nSPS) is 10.4. The minimum Gasteiger partial charge on any atom is -0.461 e. The van der Waals surface area contributed by atoms with Gasteiger partial charge in [-0.3, -0.25) is 9.48 Å². The Morgan fingerprint density at radius 1 is 1.57 bits per heavy atom. The fourth-order valence-corrected chi connectivity index (χ4v) is 1.40. The van der Waals surface area contributed by atoms with Crippen molar-refractivity contribution < 1.29 is 9.21 Å². The van der Waals surface area contributed by atoms with E-state index in [0.29, 0.717) is 11.5 Å². The lowest BCUT2D eigenvalue weighted by atomic mass is 10.1. The average molecular weight is 190 g/mol. The van der Waals surface area contributed by atoms with Crippen LogP contribution in [0.3, 0.4) is 0 Å². The molecule has 0 unspecified atom stereocenters. The van der Waals surface area contributed by atoms with Gasteiger partial charge in [0, 0.05) is 7.05 Å². The van der Waals surface area contributed by atoms with Gasteiger partial charge >= 0.3 is 0 Å². The summed E-state index contributed by atoms with van der Waals surface area (Å²) in [6, 6.07) is 3.34. The van der Waals surface area contributed by atoms with Crippen LogP contribution in [0.1, 0.15) is 21.8 Å². The Kier molecular flexibility index (Phi) is 1.96. The van der Waals surface area contributed by atoms with Gasteiger partial charge in [0.2, 0.25) is 5.78 Å². The molecule has 0 bridgehead atoms. The first kappa shape index (κ1) is 8.74. The molecule has 0 spiro atoms. The fourth-order valence-electron chi connectivity index (χ4n) is 1.40. The molecular weight excluding hydrogens is 180 g/mol.